The highest BCUT2D eigenvalue weighted by Crippen LogP contribution is 2.35. The zero-order chi connectivity index (χ0) is 17.3. The van der Waals surface area contributed by atoms with Crippen molar-refractivity contribution < 1.29 is 14.6 Å². The maximum absolute atomic E-state index is 12.8. The minimum Gasteiger partial charge on any atom is -0.504 e. The van der Waals surface area contributed by atoms with Gasteiger partial charge in [0, 0.05) is 17.8 Å². The molecule has 0 aromatic heterocycles. The van der Waals surface area contributed by atoms with E-state index in [1.807, 2.05) is 24.3 Å². The molecule has 0 saturated heterocycles. The molecule has 1 aliphatic heterocycles. The Balaban J connectivity index is 2.12. The van der Waals surface area contributed by atoms with Gasteiger partial charge in [-0.05, 0) is 37.0 Å². The lowest BCUT2D eigenvalue weighted by Crippen LogP contribution is -2.28. The van der Waals surface area contributed by atoms with Gasteiger partial charge in [0.2, 0.25) is 0 Å². The number of aromatic hydroxyl groups is 1. The average Bonchev–Trinajstić information content (AvgIpc) is 2.56. The highest BCUT2D eigenvalue weighted by atomic mass is 16.5. The largest absolute Gasteiger partial charge is 0.504 e. The highest BCUT2D eigenvalue weighted by molar-refractivity contribution is 6.09. The zero-order valence-electron chi connectivity index (χ0n) is 14.1. The van der Waals surface area contributed by atoms with Crippen molar-refractivity contribution in [3.8, 4) is 11.5 Å². The van der Waals surface area contributed by atoms with E-state index in [9.17, 15) is 9.90 Å². The molecule has 1 aliphatic rings. The third-order valence-electron chi connectivity index (χ3n) is 4.61. The number of methoxy groups -OCH3 is 1. The molecule has 0 aliphatic carbocycles. The first-order valence-electron chi connectivity index (χ1n) is 8.06. The predicted octanol–water partition coefficient (Wildman–Crippen LogP) is 3.65. The van der Waals surface area contributed by atoms with Gasteiger partial charge in [0.15, 0.2) is 11.5 Å². The maximum Gasteiger partial charge on any atom is 0.257 e. The van der Waals surface area contributed by atoms with Crippen LogP contribution in [0.5, 0.6) is 11.5 Å². The van der Waals surface area contributed by atoms with Gasteiger partial charge in [-0.1, -0.05) is 25.1 Å². The molecule has 0 radical (unpaired) electrons. The predicted molar refractivity (Wildman–Crippen MR) is 95.0 cm³/mol. The monoisotopic (exact) mass is 326 g/mol. The van der Waals surface area contributed by atoms with Crippen molar-refractivity contribution >= 4 is 17.3 Å². The first-order chi connectivity index (χ1) is 11.5. The van der Waals surface area contributed by atoms with Crippen LogP contribution in [0.3, 0.4) is 0 Å². The summed E-state index contributed by atoms with van der Waals surface area (Å²) in [7, 11) is 1.47. The topological polar surface area (TPSA) is 70.6 Å². The van der Waals surface area contributed by atoms with E-state index in [-0.39, 0.29) is 23.4 Å². The number of nitrogens with one attached hydrogen (secondary N) is 2. The van der Waals surface area contributed by atoms with Crippen LogP contribution in [0, 0.1) is 5.92 Å². The number of benzene rings is 2. The Morgan fingerprint density at radius 3 is 2.67 bits per heavy atom. The van der Waals surface area contributed by atoms with E-state index in [0.717, 1.165) is 17.7 Å². The summed E-state index contributed by atoms with van der Waals surface area (Å²) < 4.78 is 5.15. The van der Waals surface area contributed by atoms with E-state index in [4.69, 9.17) is 4.74 Å². The van der Waals surface area contributed by atoms with Crippen LogP contribution < -0.4 is 15.4 Å². The van der Waals surface area contributed by atoms with Crippen LogP contribution in [0.4, 0.5) is 11.4 Å². The number of rotatable bonds is 1. The number of fused-ring (bicyclic) bond motifs is 2. The molecule has 24 heavy (non-hydrogen) atoms. The summed E-state index contributed by atoms with van der Waals surface area (Å²) in [5, 5.41) is 16.4. The van der Waals surface area contributed by atoms with Gasteiger partial charge in [0.05, 0.1) is 18.4 Å². The zero-order valence-corrected chi connectivity index (χ0v) is 14.1. The third kappa shape index (κ3) is 3.02. The molecule has 3 rings (SSSR count). The lowest BCUT2D eigenvalue weighted by molar-refractivity contribution is 0.102. The minimum absolute atomic E-state index is 0.00821. The number of phenolic OH excluding ortho intramolecular Hbond substituents is 1. The maximum atomic E-state index is 12.8. The molecule has 1 unspecified atom stereocenters. The van der Waals surface area contributed by atoms with Gasteiger partial charge in [0.1, 0.15) is 0 Å². The van der Waals surface area contributed by atoms with Crippen LogP contribution in [-0.4, -0.2) is 24.2 Å². The summed E-state index contributed by atoms with van der Waals surface area (Å²) in [5.74, 6) is 0.397. The second-order valence-corrected chi connectivity index (χ2v) is 6.30. The molecule has 3 N–H and O–H groups in total. The van der Waals surface area contributed by atoms with Gasteiger partial charge in [0.25, 0.3) is 5.91 Å². The SMILES string of the molecule is COc1cc2c(cc1O)NC(C)[C@@H](C)Cc1ccccc1NC2=O. The van der Waals surface area contributed by atoms with Gasteiger partial charge >= 0.3 is 0 Å². The third-order valence-corrected chi connectivity index (χ3v) is 4.61. The number of hydrogen-bond donors (Lipinski definition) is 3. The van der Waals surface area contributed by atoms with Crippen molar-refractivity contribution in [2.24, 2.45) is 5.92 Å². The Bertz CT molecular complexity index is 773. The second-order valence-electron chi connectivity index (χ2n) is 6.30. The fourth-order valence-electron chi connectivity index (χ4n) is 2.96. The van der Waals surface area contributed by atoms with Crippen LogP contribution in [0.15, 0.2) is 36.4 Å². The normalized spacial score (nSPS) is 20.2. The second kappa shape index (κ2) is 6.43. The Morgan fingerprint density at radius 2 is 1.92 bits per heavy atom. The van der Waals surface area contributed by atoms with E-state index in [0.29, 0.717) is 17.2 Å². The number of hydrogen-bond acceptors (Lipinski definition) is 4. The van der Waals surface area contributed by atoms with Crippen molar-refractivity contribution in [1.29, 1.82) is 0 Å². The van der Waals surface area contributed by atoms with Gasteiger partial charge in [-0.15, -0.1) is 0 Å². The van der Waals surface area contributed by atoms with Crippen molar-refractivity contribution in [2.75, 3.05) is 17.7 Å². The number of carbonyl (C=O) groups is 1. The number of carbonyl (C=O) groups excluding carboxylic acids is 1. The first-order valence-corrected chi connectivity index (χ1v) is 8.06. The van der Waals surface area contributed by atoms with Crippen LogP contribution in [0.1, 0.15) is 29.8 Å². The Hall–Kier alpha value is -2.69. The lowest BCUT2D eigenvalue weighted by atomic mass is 9.92. The van der Waals surface area contributed by atoms with Gasteiger partial charge in [-0.2, -0.15) is 0 Å². The smallest absolute Gasteiger partial charge is 0.257 e. The Kier molecular flexibility index (Phi) is 4.34. The van der Waals surface area contributed by atoms with Crippen LogP contribution in [0.25, 0.3) is 0 Å². The van der Waals surface area contributed by atoms with Crippen molar-refractivity contribution in [3.05, 3.63) is 47.5 Å². The molecular formula is C19H22N2O3. The standard InChI is InChI=1S/C19H22N2O3/c1-11-8-13-6-4-5-7-15(13)21-19(23)14-9-18(24-3)17(22)10-16(14)20-12(11)2/h4-7,9-12,20,22H,8H2,1-3H3,(H,21,23)/t11-,12?/m0/s1. The summed E-state index contributed by atoms with van der Waals surface area (Å²) in [6.45, 7) is 4.25. The molecule has 0 spiro atoms. The van der Waals surface area contributed by atoms with Gasteiger partial charge in [-0.25, -0.2) is 0 Å². The molecule has 2 aromatic carbocycles. The summed E-state index contributed by atoms with van der Waals surface area (Å²) >= 11 is 0. The number of ether oxygens (including phenoxy) is 1. The van der Waals surface area contributed by atoms with Crippen LogP contribution in [-0.2, 0) is 6.42 Å². The van der Waals surface area contributed by atoms with Crippen molar-refractivity contribution in [2.45, 2.75) is 26.3 Å². The summed E-state index contributed by atoms with van der Waals surface area (Å²) in [4.78, 5) is 12.8. The molecule has 126 valence electrons. The van der Waals surface area contributed by atoms with Crippen molar-refractivity contribution in [1.82, 2.24) is 0 Å². The average molecular weight is 326 g/mol. The fraction of sp³-hybridized carbons (Fsp3) is 0.316. The van der Waals surface area contributed by atoms with E-state index in [2.05, 4.69) is 24.5 Å². The molecular weight excluding hydrogens is 304 g/mol. The number of phenols is 1. The Morgan fingerprint density at radius 1 is 1.17 bits per heavy atom. The van der Waals surface area contributed by atoms with Crippen LogP contribution in [0.2, 0.25) is 0 Å². The van der Waals surface area contributed by atoms with E-state index >= 15 is 0 Å². The molecule has 0 bridgehead atoms. The van der Waals surface area contributed by atoms with Crippen LogP contribution >= 0.6 is 0 Å². The summed E-state index contributed by atoms with van der Waals surface area (Å²) in [5.41, 5.74) is 2.98. The molecule has 0 fully saturated rings. The molecule has 0 saturated carbocycles. The Labute approximate surface area is 141 Å². The lowest BCUT2D eigenvalue weighted by Gasteiger charge is -2.27. The molecule has 1 amide bonds. The minimum atomic E-state index is -0.231. The number of amides is 1. The summed E-state index contributed by atoms with van der Waals surface area (Å²) in [6, 6.07) is 11.1. The van der Waals surface area contributed by atoms with Gasteiger partial charge in [-0.3, -0.25) is 4.79 Å². The number of anilines is 2. The molecule has 5 heteroatoms. The molecule has 5 nitrogen and oxygen atoms in total. The quantitative estimate of drug-likeness (QED) is 0.748. The molecule has 1 heterocycles. The number of para-hydroxylation sites is 1. The highest BCUT2D eigenvalue weighted by Gasteiger charge is 2.23. The first kappa shape index (κ1) is 16.2. The van der Waals surface area contributed by atoms with Gasteiger partial charge < -0.3 is 20.5 Å². The summed E-state index contributed by atoms with van der Waals surface area (Å²) in [6.07, 6.45) is 0.849. The van der Waals surface area contributed by atoms with E-state index in [1.54, 1.807) is 12.1 Å². The van der Waals surface area contributed by atoms with E-state index < -0.39 is 0 Å². The van der Waals surface area contributed by atoms with Crippen molar-refractivity contribution in [3.63, 3.8) is 0 Å². The molecule has 2 aromatic rings. The fourth-order valence-corrected chi connectivity index (χ4v) is 2.96. The molecule has 2 atom stereocenters. The van der Waals surface area contributed by atoms with E-state index in [1.165, 1.54) is 7.11 Å².